The van der Waals surface area contributed by atoms with Gasteiger partial charge in [-0.2, -0.15) is 0 Å². The fourth-order valence-corrected chi connectivity index (χ4v) is 9.37. The van der Waals surface area contributed by atoms with Gasteiger partial charge in [-0.15, -0.1) is 11.8 Å². The van der Waals surface area contributed by atoms with Crippen molar-refractivity contribution < 1.29 is 0 Å². The predicted octanol–water partition coefficient (Wildman–Crippen LogP) is 12.4. The van der Waals surface area contributed by atoms with E-state index in [4.69, 9.17) is 5.41 Å². The van der Waals surface area contributed by atoms with E-state index in [2.05, 4.69) is 87.1 Å². The Bertz CT molecular complexity index is 847. The lowest BCUT2D eigenvalue weighted by Crippen LogP contribution is -2.36. The van der Waals surface area contributed by atoms with Crippen LogP contribution >= 0.6 is 11.8 Å². The highest BCUT2D eigenvalue weighted by atomic mass is 32.2. The van der Waals surface area contributed by atoms with Gasteiger partial charge in [-0.3, -0.25) is 0 Å². The first-order valence-corrected chi connectivity index (χ1v) is 17.8. The highest BCUT2D eigenvalue weighted by Gasteiger charge is 2.41. The van der Waals surface area contributed by atoms with Crippen LogP contribution in [0.15, 0.2) is 33.3 Å². The maximum absolute atomic E-state index is 8.25. The van der Waals surface area contributed by atoms with E-state index in [0.717, 1.165) is 23.5 Å². The highest BCUT2D eigenvalue weighted by Crippen LogP contribution is 2.52. The zero-order chi connectivity index (χ0) is 29.1. The molecular weight excluding hydrogens is 490 g/mol. The number of thioether (sulfide) groups is 1. The summed E-state index contributed by atoms with van der Waals surface area (Å²) in [6.07, 6.45) is 19.6. The van der Waals surface area contributed by atoms with E-state index >= 15 is 0 Å². The van der Waals surface area contributed by atoms with Gasteiger partial charge in [0.2, 0.25) is 0 Å². The van der Waals surface area contributed by atoms with Gasteiger partial charge in [0, 0.05) is 17.4 Å². The molecule has 8 atom stereocenters. The normalized spacial score (nSPS) is 29.7. The van der Waals surface area contributed by atoms with E-state index in [1.165, 1.54) is 76.2 Å². The van der Waals surface area contributed by atoms with E-state index in [9.17, 15) is 0 Å². The third-order valence-corrected chi connectivity index (χ3v) is 12.7. The predicted molar refractivity (Wildman–Crippen MR) is 179 cm³/mol. The first kappa shape index (κ1) is 34.4. The quantitative estimate of drug-likeness (QED) is 0.140. The summed E-state index contributed by atoms with van der Waals surface area (Å²) in [4.78, 5) is 1.71. The van der Waals surface area contributed by atoms with E-state index < -0.39 is 0 Å². The second-order valence-electron chi connectivity index (χ2n) is 13.4. The van der Waals surface area contributed by atoms with Gasteiger partial charge in [0.05, 0.1) is 0 Å². The van der Waals surface area contributed by atoms with E-state index in [1.54, 1.807) is 27.8 Å². The average molecular weight is 556 g/mol. The number of hydrogen-bond donors (Lipinski definition) is 1. The number of allylic oxidation sites excluding steroid dienone is 6. The summed E-state index contributed by atoms with van der Waals surface area (Å²) in [5, 5.41) is 8.99. The Balaban J connectivity index is 2.27. The minimum Gasteiger partial charge on any atom is -0.312 e. The smallest absolute Gasteiger partial charge is 0.0157 e. The lowest BCUT2D eigenvalue weighted by Gasteiger charge is -2.44. The molecule has 0 amide bonds. The molecule has 0 bridgehead atoms. The van der Waals surface area contributed by atoms with Crippen molar-refractivity contribution >= 4 is 18.0 Å². The van der Waals surface area contributed by atoms with Gasteiger partial charge in [0.15, 0.2) is 0 Å². The summed E-state index contributed by atoms with van der Waals surface area (Å²) < 4.78 is 0. The van der Waals surface area contributed by atoms with Crippen molar-refractivity contribution in [3.63, 3.8) is 0 Å². The molecule has 0 fully saturated rings. The summed E-state index contributed by atoms with van der Waals surface area (Å²) in [5.74, 6) is 4.56. The molecule has 39 heavy (non-hydrogen) atoms. The standard InChI is InChI=1S/C37H65NS/c1-11-15-18-31(14-4)22-32(24-38)25(5)20-21-34-27(7)26(6)33(17-13-3)30(10)35(34)23-37-29(9)28(8)36(39-37)19-16-12-2/h20,24,27,29-32,34-35,37-38H,11-19,21-23H2,1-10H3/b25-20+,38-24?/t27?,29-,30?,31-,32+,34-,35+,37?/m0/s1. The Kier molecular flexibility index (Phi) is 15.2. The monoisotopic (exact) mass is 555 g/mol. The molecule has 0 aromatic carbocycles. The van der Waals surface area contributed by atoms with Crippen LogP contribution in [0.3, 0.4) is 0 Å². The van der Waals surface area contributed by atoms with Crippen molar-refractivity contribution in [1.82, 2.24) is 0 Å². The van der Waals surface area contributed by atoms with E-state index in [1.807, 2.05) is 0 Å². The SMILES string of the molecule is CCCCC1=C(C)[C@H](C)C(C[C@@H]2C(C)C(CCC)=C(C)C(C)[C@@H]2C/C=C(\C)[C@@H](C=N)C[C@@H](CC)CCCC)S1. The Morgan fingerprint density at radius 2 is 1.56 bits per heavy atom. The third kappa shape index (κ3) is 9.11. The molecule has 0 saturated carbocycles. The molecule has 0 aromatic heterocycles. The summed E-state index contributed by atoms with van der Waals surface area (Å²) in [7, 11) is 0. The van der Waals surface area contributed by atoms with Crippen LogP contribution in [0.5, 0.6) is 0 Å². The fraction of sp³-hybridized carbons (Fsp3) is 0.811. The van der Waals surface area contributed by atoms with Crippen molar-refractivity contribution in [1.29, 1.82) is 5.41 Å². The molecule has 1 aliphatic carbocycles. The van der Waals surface area contributed by atoms with E-state index in [0.29, 0.717) is 29.6 Å². The lowest BCUT2D eigenvalue weighted by atomic mass is 9.61. The van der Waals surface area contributed by atoms with Crippen LogP contribution in [-0.2, 0) is 0 Å². The number of nitrogens with one attached hydrogen (secondary N) is 1. The van der Waals surface area contributed by atoms with Gasteiger partial charge in [0.1, 0.15) is 0 Å². The molecule has 1 N–H and O–H groups in total. The Labute approximate surface area is 249 Å². The number of hydrogen-bond acceptors (Lipinski definition) is 2. The zero-order valence-corrected chi connectivity index (χ0v) is 28.5. The molecule has 2 aliphatic rings. The fourth-order valence-electron chi connectivity index (χ4n) is 7.65. The second kappa shape index (κ2) is 17.3. The summed E-state index contributed by atoms with van der Waals surface area (Å²) in [6, 6.07) is 0. The lowest BCUT2D eigenvalue weighted by molar-refractivity contribution is 0.171. The molecule has 3 unspecified atom stereocenters. The van der Waals surface area contributed by atoms with Crippen molar-refractivity contribution in [3.8, 4) is 0 Å². The van der Waals surface area contributed by atoms with Gasteiger partial charge < -0.3 is 5.41 Å². The van der Waals surface area contributed by atoms with Crippen molar-refractivity contribution in [2.45, 2.75) is 152 Å². The number of rotatable bonds is 17. The minimum atomic E-state index is 0.312. The topological polar surface area (TPSA) is 23.9 Å². The molecule has 0 aromatic rings. The largest absolute Gasteiger partial charge is 0.312 e. The summed E-state index contributed by atoms with van der Waals surface area (Å²) in [6.45, 7) is 24.1. The molecule has 0 saturated heterocycles. The first-order valence-electron chi connectivity index (χ1n) is 16.9. The first-order chi connectivity index (χ1) is 18.6. The van der Waals surface area contributed by atoms with Gasteiger partial charge in [-0.05, 0) is 99.7 Å². The molecule has 224 valence electrons. The number of unbranched alkanes of at least 4 members (excludes halogenated alkanes) is 2. The minimum absolute atomic E-state index is 0.312. The van der Waals surface area contributed by atoms with Crippen molar-refractivity contribution in [2.24, 2.45) is 41.4 Å². The molecule has 0 spiro atoms. The van der Waals surface area contributed by atoms with E-state index in [-0.39, 0.29) is 0 Å². The van der Waals surface area contributed by atoms with Crippen molar-refractivity contribution in [2.75, 3.05) is 0 Å². The van der Waals surface area contributed by atoms with Crippen LogP contribution in [0.1, 0.15) is 146 Å². The Morgan fingerprint density at radius 1 is 0.872 bits per heavy atom. The molecule has 1 heterocycles. The maximum atomic E-state index is 8.25. The van der Waals surface area contributed by atoms with Crippen LogP contribution in [0.25, 0.3) is 0 Å². The maximum Gasteiger partial charge on any atom is 0.0157 e. The van der Waals surface area contributed by atoms with Gasteiger partial charge in [0.25, 0.3) is 0 Å². The molecule has 0 radical (unpaired) electrons. The molecule has 1 nitrogen and oxygen atoms in total. The zero-order valence-electron chi connectivity index (χ0n) is 27.7. The van der Waals surface area contributed by atoms with Crippen LogP contribution in [-0.4, -0.2) is 11.5 Å². The average Bonchev–Trinajstić information content (AvgIpc) is 3.20. The van der Waals surface area contributed by atoms with Crippen LogP contribution < -0.4 is 0 Å². The molecule has 2 rings (SSSR count). The van der Waals surface area contributed by atoms with Crippen LogP contribution in [0.2, 0.25) is 0 Å². The molecular formula is C37H65NS. The Morgan fingerprint density at radius 3 is 2.15 bits per heavy atom. The Hall–Kier alpha value is -0.760. The third-order valence-electron chi connectivity index (χ3n) is 11.0. The van der Waals surface area contributed by atoms with Crippen LogP contribution in [0, 0.1) is 46.8 Å². The molecule has 2 heteroatoms. The van der Waals surface area contributed by atoms with Crippen molar-refractivity contribution in [3.05, 3.63) is 33.3 Å². The van der Waals surface area contributed by atoms with Gasteiger partial charge in [-0.1, -0.05) is 115 Å². The second-order valence-corrected chi connectivity index (χ2v) is 14.7. The highest BCUT2D eigenvalue weighted by molar-refractivity contribution is 8.04. The molecule has 1 aliphatic heterocycles. The van der Waals surface area contributed by atoms with Gasteiger partial charge in [-0.25, -0.2) is 0 Å². The van der Waals surface area contributed by atoms with Crippen LogP contribution in [0.4, 0.5) is 0 Å². The van der Waals surface area contributed by atoms with Gasteiger partial charge >= 0.3 is 0 Å². The summed E-state index contributed by atoms with van der Waals surface area (Å²) >= 11 is 2.25. The summed E-state index contributed by atoms with van der Waals surface area (Å²) in [5.41, 5.74) is 6.60.